The van der Waals surface area contributed by atoms with Gasteiger partial charge >= 0.3 is 5.97 Å². The van der Waals surface area contributed by atoms with Crippen molar-refractivity contribution < 1.29 is 19.1 Å². The van der Waals surface area contributed by atoms with Gasteiger partial charge in [0.2, 0.25) is 5.91 Å². The molecule has 7 heteroatoms. The van der Waals surface area contributed by atoms with Crippen LogP contribution in [-0.2, 0) is 9.59 Å². The molecule has 0 saturated heterocycles. The molecule has 0 saturated carbocycles. The van der Waals surface area contributed by atoms with Crippen molar-refractivity contribution in [3.63, 3.8) is 0 Å². The van der Waals surface area contributed by atoms with E-state index in [9.17, 15) is 9.59 Å². The van der Waals surface area contributed by atoms with Crippen LogP contribution in [0.25, 0.3) is 6.08 Å². The molecule has 0 bridgehead atoms. The average Bonchev–Trinajstić information content (AvgIpc) is 2.44. The van der Waals surface area contributed by atoms with Crippen LogP contribution in [0, 0.1) is 0 Å². The molecule has 5 nitrogen and oxygen atoms in total. The molecule has 0 aliphatic carbocycles. The minimum Gasteiger partial charge on any atom is -0.477 e. The van der Waals surface area contributed by atoms with Gasteiger partial charge in [0.25, 0.3) is 0 Å². The maximum Gasteiger partial charge on any atom is 0.352 e. The Morgan fingerprint density at radius 2 is 2.12 bits per heavy atom. The molecule has 1 amide bonds. The topological polar surface area (TPSA) is 79.5 Å². The first-order valence-corrected chi connectivity index (χ1v) is 5.66. The molecule has 0 atom stereocenters. The molecule has 0 aliphatic heterocycles. The summed E-state index contributed by atoms with van der Waals surface area (Å²) in [5.41, 5.74) is -0.249. The van der Waals surface area contributed by atoms with Gasteiger partial charge in [-0.25, -0.2) is 4.79 Å². The van der Waals surface area contributed by atoms with Crippen LogP contribution < -0.4 is 5.32 Å². The van der Waals surface area contributed by atoms with Gasteiger partial charge in [-0.15, -0.1) is 0 Å². The summed E-state index contributed by atoms with van der Waals surface area (Å²) in [6, 6.07) is 1.58. The van der Waals surface area contributed by atoms with E-state index in [0.29, 0.717) is 14.9 Å². The Hall–Kier alpha value is -1.08. The van der Waals surface area contributed by atoms with Gasteiger partial charge in [-0.3, -0.25) is 4.79 Å². The second kappa shape index (κ2) is 5.31. The summed E-state index contributed by atoms with van der Waals surface area (Å²) in [6.45, 7) is 1.23. The molecule has 16 heavy (non-hydrogen) atoms. The highest BCUT2D eigenvalue weighted by molar-refractivity contribution is 9.13. The Morgan fingerprint density at radius 3 is 2.50 bits per heavy atom. The van der Waals surface area contributed by atoms with E-state index < -0.39 is 11.9 Å². The second-order valence-electron chi connectivity index (χ2n) is 2.81. The van der Waals surface area contributed by atoms with E-state index in [4.69, 9.17) is 9.52 Å². The lowest BCUT2D eigenvalue weighted by molar-refractivity contribution is -0.134. The Morgan fingerprint density at radius 1 is 1.50 bits per heavy atom. The van der Waals surface area contributed by atoms with Crippen molar-refractivity contribution in [1.82, 2.24) is 5.32 Å². The largest absolute Gasteiger partial charge is 0.477 e. The fourth-order valence-electron chi connectivity index (χ4n) is 0.918. The van der Waals surface area contributed by atoms with Crippen LogP contribution in [0.1, 0.15) is 12.7 Å². The van der Waals surface area contributed by atoms with Gasteiger partial charge in [0.15, 0.2) is 4.67 Å². The van der Waals surface area contributed by atoms with Gasteiger partial charge in [0.05, 0.1) is 4.47 Å². The highest BCUT2D eigenvalue weighted by atomic mass is 79.9. The molecule has 0 unspecified atom stereocenters. The van der Waals surface area contributed by atoms with E-state index >= 15 is 0 Å². The highest BCUT2D eigenvalue weighted by Gasteiger charge is 2.11. The predicted octanol–water partition coefficient (Wildman–Crippen LogP) is 2.37. The summed E-state index contributed by atoms with van der Waals surface area (Å²) in [6.07, 6.45) is 1.22. The molecule has 1 rings (SSSR count). The quantitative estimate of drug-likeness (QED) is 0.818. The summed E-state index contributed by atoms with van der Waals surface area (Å²) < 4.78 is 6.26. The molecule has 2 N–H and O–H groups in total. The van der Waals surface area contributed by atoms with E-state index in [-0.39, 0.29) is 5.70 Å². The van der Waals surface area contributed by atoms with Crippen molar-refractivity contribution in [2.75, 3.05) is 0 Å². The molecular weight excluding hydrogens is 346 g/mol. The number of carboxylic acid groups (broad SMARTS) is 1. The molecule has 1 aromatic heterocycles. The van der Waals surface area contributed by atoms with Gasteiger partial charge in [0, 0.05) is 13.0 Å². The third-order valence-corrected chi connectivity index (χ3v) is 3.20. The third kappa shape index (κ3) is 3.49. The first kappa shape index (κ1) is 13.0. The van der Waals surface area contributed by atoms with Gasteiger partial charge < -0.3 is 14.8 Å². The molecule has 0 fully saturated rings. The SMILES string of the molecule is CC(=O)NC(=Cc1cc(Br)c(Br)o1)C(=O)O. The number of carboxylic acids is 1. The molecule has 1 aromatic rings. The van der Waals surface area contributed by atoms with Gasteiger partial charge in [-0.2, -0.15) is 0 Å². The van der Waals surface area contributed by atoms with E-state index in [1.165, 1.54) is 13.0 Å². The number of carbonyl (C=O) groups is 2. The van der Waals surface area contributed by atoms with Crippen molar-refractivity contribution >= 4 is 49.8 Å². The minimum absolute atomic E-state index is 0.249. The van der Waals surface area contributed by atoms with Crippen molar-refractivity contribution in [3.05, 3.63) is 26.7 Å². The number of carbonyl (C=O) groups excluding carboxylic acids is 1. The normalized spacial score (nSPS) is 11.3. The van der Waals surface area contributed by atoms with Crippen LogP contribution in [0.15, 0.2) is 25.3 Å². The first-order valence-electron chi connectivity index (χ1n) is 4.07. The second-order valence-corrected chi connectivity index (χ2v) is 4.39. The molecule has 0 aliphatic rings. The lowest BCUT2D eigenvalue weighted by Gasteiger charge is -2.00. The molecule has 0 aromatic carbocycles. The number of aliphatic carboxylic acids is 1. The number of halogens is 2. The average molecular weight is 353 g/mol. The lowest BCUT2D eigenvalue weighted by Crippen LogP contribution is -2.24. The number of nitrogens with one attached hydrogen (secondary N) is 1. The lowest BCUT2D eigenvalue weighted by atomic mass is 10.3. The van der Waals surface area contributed by atoms with E-state index in [1.54, 1.807) is 6.07 Å². The van der Waals surface area contributed by atoms with Crippen LogP contribution in [0.5, 0.6) is 0 Å². The summed E-state index contributed by atoms with van der Waals surface area (Å²) in [5, 5.41) is 11.0. The first-order chi connectivity index (χ1) is 7.40. The van der Waals surface area contributed by atoms with Crippen LogP contribution >= 0.6 is 31.9 Å². The maximum absolute atomic E-state index is 10.8. The summed E-state index contributed by atoms with van der Waals surface area (Å²) in [7, 11) is 0. The summed E-state index contributed by atoms with van der Waals surface area (Å²) in [4.78, 5) is 21.5. The zero-order valence-corrected chi connectivity index (χ0v) is 11.3. The molecule has 0 spiro atoms. The zero-order valence-electron chi connectivity index (χ0n) is 8.08. The maximum atomic E-state index is 10.8. The van der Waals surface area contributed by atoms with E-state index in [0.717, 1.165) is 0 Å². The predicted molar refractivity (Wildman–Crippen MR) is 63.5 cm³/mol. The Balaban J connectivity index is 3.02. The molecule has 1 heterocycles. The van der Waals surface area contributed by atoms with Crippen LogP contribution in [-0.4, -0.2) is 17.0 Å². The monoisotopic (exact) mass is 351 g/mol. The van der Waals surface area contributed by atoms with Gasteiger partial charge in [0.1, 0.15) is 11.5 Å². The molecule has 0 radical (unpaired) electrons. The fourth-order valence-corrected chi connectivity index (χ4v) is 1.53. The van der Waals surface area contributed by atoms with Crippen LogP contribution in [0.3, 0.4) is 0 Å². The number of amides is 1. The number of rotatable bonds is 3. The fraction of sp³-hybridized carbons (Fsp3) is 0.111. The third-order valence-electron chi connectivity index (χ3n) is 1.49. The summed E-state index contributed by atoms with van der Waals surface area (Å²) >= 11 is 6.31. The van der Waals surface area contributed by atoms with Gasteiger partial charge in [-0.1, -0.05) is 0 Å². The Bertz CT molecular complexity index is 445. The van der Waals surface area contributed by atoms with E-state index in [1.807, 2.05) is 0 Å². The Labute approximate surface area is 108 Å². The van der Waals surface area contributed by atoms with E-state index in [2.05, 4.69) is 37.2 Å². The molecule has 86 valence electrons. The van der Waals surface area contributed by atoms with Crippen molar-refractivity contribution in [2.24, 2.45) is 0 Å². The summed E-state index contributed by atoms with van der Waals surface area (Å²) in [5.74, 6) is -1.39. The van der Waals surface area contributed by atoms with Crippen molar-refractivity contribution in [3.8, 4) is 0 Å². The standard InChI is InChI=1S/C9H7Br2NO4/c1-4(13)12-7(9(14)15)3-5-2-6(10)8(11)16-5/h2-3H,1H3,(H,12,13)(H,14,15). The Kier molecular flexibility index (Phi) is 4.31. The number of furan rings is 1. The van der Waals surface area contributed by atoms with Crippen LogP contribution in [0.2, 0.25) is 0 Å². The van der Waals surface area contributed by atoms with Gasteiger partial charge in [-0.05, 0) is 37.9 Å². The number of hydrogen-bond acceptors (Lipinski definition) is 3. The van der Waals surface area contributed by atoms with Crippen LogP contribution in [0.4, 0.5) is 0 Å². The number of hydrogen-bond donors (Lipinski definition) is 2. The van der Waals surface area contributed by atoms with Crippen molar-refractivity contribution in [1.29, 1.82) is 0 Å². The smallest absolute Gasteiger partial charge is 0.352 e. The zero-order chi connectivity index (χ0) is 12.3. The van der Waals surface area contributed by atoms with Crippen molar-refractivity contribution in [2.45, 2.75) is 6.92 Å². The highest BCUT2D eigenvalue weighted by Crippen LogP contribution is 2.27. The minimum atomic E-state index is -1.24. The molecular formula is C9H7Br2NO4.